The molecule has 0 atom stereocenters. The minimum absolute atomic E-state index is 0.0657. The van der Waals surface area contributed by atoms with Crippen molar-refractivity contribution in [3.05, 3.63) is 28.5 Å². The number of pyridine rings is 1. The highest BCUT2D eigenvalue weighted by Gasteiger charge is 2.36. The molecule has 0 aliphatic carbocycles. The van der Waals surface area contributed by atoms with Gasteiger partial charge in [0, 0.05) is 44.4 Å². The third-order valence-electron chi connectivity index (χ3n) is 5.53. The van der Waals surface area contributed by atoms with Crippen molar-refractivity contribution in [3.63, 3.8) is 0 Å². The minimum atomic E-state index is -4.92. The number of aliphatic hydroxyl groups is 1. The zero-order valence-electron chi connectivity index (χ0n) is 20.5. The number of piperidine rings is 1. The van der Waals surface area contributed by atoms with E-state index in [9.17, 15) is 41.0 Å². The number of carbonyl (C=O) groups is 2. The number of alkyl halides is 6. The minimum Gasteiger partial charge on any atom is -0.389 e. The molecular weight excluding hydrogens is 540 g/mol. The Morgan fingerprint density at radius 3 is 2.47 bits per heavy atom. The quantitative estimate of drug-likeness (QED) is 0.389. The SMILES string of the molecule is CC(C)(O)CNC(=O)c1nc(C(=O)N2CCC(F)CC2)c(-c2cnc(NCCC(F)F)c(C(F)(F)F)c2)s1. The van der Waals surface area contributed by atoms with Crippen LogP contribution in [0.15, 0.2) is 12.3 Å². The summed E-state index contributed by atoms with van der Waals surface area (Å²) < 4.78 is 80.0. The fraction of sp³-hybridized carbons (Fsp3) is 0.565. The van der Waals surface area contributed by atoms with Crippen LogP contribution in [0.3, 0.4) is 0 Å². The highest BCUT2D eigenvalue weighted by Crippen LogP contribution is 2.39. The molecular formula is C23H27F6N5O3S. The van der Waals surface area contributed by atoms with Crippen molar-refractivity contribution < 1.29 is 41.0 Å². The number of rotatable bonds is 9. The van der Waals surface area contributed by atoms with Crippen LogP contribution in [0.2, 0.25) is 0 Å². The number of hydrogen-bond acceptors (Lipinski definition) is 7. The highest BCUT2D eigenvalue weighted by atomic mass is 32.1. The first-order valence-electron chi connectivity index (χ1n) is 11.7. The predicted molar refractivity (Wildman–Crippen MR) is 128 cm³/mol. The van der Waals surface area contributed by atoms with Gasteiger partial charge >= 0.3 is 6.18 Å². The first-order valence-corrected chi connectivity index (χ1v) is 12.5. The maximum atomic E-state index is 13.8. The molecule has 0 spiro atoms. The van der Waals surface area contributed by atoms with Gasteiger partial charge in [-0.05, 0) is 32.8 Å². The summed E-state index contributed by atoms with van der Waals surface area (Å²) in [5.41, 5.74) is -2.97. The molecule has 8 nitrogen and oxygen atoms in total. The van der Waals surface area contributed by atoms with E-state index in [2.05, 4.69) is 20.6 Å². The lowest BCUT2D eigenvalue weighted by Crippen LogP contribution is -2.39. The van der Waals surface area contributed by atoms with Gasteiger partial charge in [-0.1, -0.05) is 0 Å². The van der Waals surface area contributed by atoms with Crippen molar-refractivity contribution in [2.75, 3.05) is 31.5 Å². The Kier molecular flexibility index (Phi) is 9.23. The van der Waals surface area contributed by atoms with E-state index in [0.717, 1.165) is 6.20 Å². The molecule has 0 radical (unpaired) electrons. The van der Waals surface area contributed by atoms with E-state index in [-0.39, 0.29) is 53.6 Å². The predicted octanol–water partition coefficient (Wildman–Crippen LogP) is 4.37. The zero-order chi connectivity index (χ0) is 28.3. The van der Waals surface area contributed by atoms with Gasteiger partial charge in [-0.2, -0.15) is 13.2 Å². The highest BCUT2D eigenvalue weighted by molar-refractivity contribution is 7.17. The van der Waals surface area contributed by atoms with Crippen LogP contribution >= 0.6 is 11.3 Å². The maximum absolute atomic E-state index is 13.8. The second-order valence-corrected chi connectivity index (χ2v) is 10.4. The Bertz CT molecular complexity index is 1140. The second kappa shape index (κ2) is 11.8. The van der Waals surface area contributed by atoms with Crippen molar-refractivity contribution in [2.24, 2.45) is 0 Å². The van der Waals surface area contributed by atoms with Crippen LogP contribution in [0.5, 0.6) is 0 Å². The Balaban J connectivity index is 2.02. The third-order valence-corrected chi connectivity index (χ3v) is 6.63. The lowest BCUT2D eigenvalue weighted by atomic mass is 10.1. The molecule has 1 fully saturated rings. The van der Waals surface area contributed by atoms with Crippen molar-refractivity contribution >= 4 is 29.0 Å². The van der Waals surface area contributed by atoms with Gasteiger partial charge in [-0.3, -0.25) is 9.59 Å². The van der Waals surface area contributed by atoms with Crippen LogP contribution in [0.1, 0.15) is 59.0 Å². The van der Waals surface area contributed by atoms with Crippen LogP contribution in [-0.4, -0.2) is 76.2 Å². The molecule has 3 heterocycles. The fourth-order valence-electron chi connectivity index (χ4n) is 3.58. The molecule has 1 aliphatic rings. The third kappa shape index (κ3) is 7.79. The Morgan fingerprint density at radius 1 is 1.24 bits per heavy atom. The Hall–Kier alpha value is -2.94. The van der Waals surface area contributed by atoms with Gasteiger partial charge in [0.2, 0.25) is 6.43 Å². The monoisotopic (exact) mass is 567 g/mol. The summed E-state index contributed by atoms with van der Waals surface area (Å²) in [6.45, 7) is 2.42. The lowest BCUT2D eigenvalue weighted by Gasteiger charge is -2.28. The van der Waals surface area contributed by atoms with E-state index in [4.69, 9.17) is 0 Å². The summed E-state index contributed by atoms with van der Waals surface area (Å²) >= 11 is 0.658. The summed E-state index contributed by atoms with van der Waals surface area (Å²) in [6.07, 6.45) is -8.21. The Morgan fingerprint density at radius 2 is 1.89 bits per heavy atom. The number of thiazole rings is 1. The average molecular weight is 568 g/mol. The van der Waals surface area contributed by atoms with Crippen molar-refractivity contribution in [1.29, 1.82) is 0 Å². The summed E-state index contributed by atoms with van der Waals surface area (Å²) in [4.78, 5) is 35.0. The second-order valence-electron chi connectivity index (χ2n) is 9.38. The molecule has 2 aromatic heterocycles. The molecule has 2 aromatic rings. The van der Waals surface area contributed by atoms with Gasteiger partial charge in [0.15, 0.2) is 5.01 Å². The molecule has 3 rings (SSSR count). The van der Waals surface area contributed by atoms with Gasteiger partial charge in [-0.25, -0.2) is 23.1 Å². The summed E-state index contributed by atoms with van der Waals surface area (Å²) in [7, 11) is 0. The number of carbonyl (C=O) groups excluding carboxylic acids is 2. The fourth-order valence-corrected chi connectivity index (χ4v) is 4.53. The van der Waals surface area contributed by atoms with E-state index >= 15 is 0 Å². The molecule has 210 valence electrons. The van der Waals surface area contributed by atoms with Crippen LogP contribution in [0.4, 0.5) is 32.2 Å². The van der Waals surface area contributed by atoms with E-state index in [1.54, 1.807) is 0 Å². The zero-order valence-corrected chi connectivity index (χ0v) is 21.4. The van der Waals surface area contributed by atoms with Gasteiger partial charge in [0.25, 0.3) is 11.8 Å². The maximum Gasteiger partial charge on any atom is 0.419 e. The van der Waals surface area contributed by atoms with E-state index < -0.39 is 60.5 Å². The van der Waals surface area contributed by atoms with E-state index in [0.29, 0.717) is 17.4 Å². The molecule has 38 heavy (non-hydrogen) atoms. The van der Waals surface area contributed by atoms with Crippen LogP contribution in [0.25, 0.3) is 10.4 Å². The normalized spacial score (nSPS) is 15.2. The summed E-state index contributed by atoms with van der Waals surface area (Å²) in [5, 5.41) is 14.3. The number of likely N-dealkylation sites (tertiary alicyclic amines) is 1. The summed E-state index contributed by atoms with van der Waals surface area (Å²) in [5.74, 6) is -2.10. The van der Waals surface area contributed by atoms with Crippen LogP contribution in [-0.2, 0) is 6.18 Å². The van der Waals surface area contributed by atoms with Gasteiger partial charge in [0.1, 0.15) is 17.7 Å². The number of aromatic nitrogens is 2. The number of anilines is 1. The first-order chi connectivity index (χ1) is 17.7. The van der Waals surface area contributed by atoms with Gasteiger partial charge < -0.3 is 20.6 Å². The van der Waals surface area contributed by atoms with Crippen molar-refractivity contribution in [3.8, 4) is 10.4 Å². The summed E-state index contributed by atoms with van der Waals surface area (Å²) in [6, 6.07) is 0.703. The Labute approximate surface area is 218 Å². The van der Waals surface area contributed by atoms with Crippen molar-refractivity contribution in [2.45, 2.75) is 57.5 Å². The molecule has 0 unspecified atom stereocenters. The smallest absolute Gasteiger partial charge is 0.389 e. The number of nitrogens with one attached hydrogen (secondary N) is 2. The molecule has 1 aliphatic heterocycles. The molecule has 3 N–H and O–H groups in total. The topological polar surface area (TPSA) is 107 Å². The molecule has 1 saturated heterocycles. The average Bonchev–Trinajstić information content (AvgIpc) is 3.27. The molecule has 15 heteroatoms. The number of hydrogen-bond donors (Lipinski definition) is 3. The van der Waals surface area contributed by atoms with Crippen LogP contribution < -0.4 is 10.6 Å². The molecule has 0 saturated carbocycles. The largest absolute Gasteiger partial charge is 0.419 e. The number of halogens is 6. The molecule has 0 aromatic carbocycles. The van der Waals surface area contributed by atoms with E-state index in [1.165, 1.54) is 18.7 Å². The van der Waals surface area contributed by atoms with E-state index in [1.807, 2.05) is 0 Å². The van der Waals surface area contributed by atoms with Crippen LogP contribution in [0, 0.1) is 0 Å². The number of nitrogens with zero attached hydrogens (tertiary/aromatic N) is 3. The first kappa shape index (κ1) is 29.6. The molecule has 0 bridgehead atoms. The molecule has 2 amide bonds. The standard InChI is InChI=1S/C23H27F6N5O3S/c1-22(2,37)11-32-19(35)20-33-16(21(36)34-7-4-13(24)5-8-34)17(38-20)12-9-14(23(27,28)29)18(31-10-12)30-6-3-15(25)26/h9-10,13,15,37H,3-8,11H2,1-2H3,(H,30,31)(H,32,35). The van der Waals surface area contributed by atoms with Gasteiger partial charge in [0.05, 0.1) is 16.0 Å². The number of amides is 2. The van der Waals surface area contributed by atoms with Crippen molar-refractivity contribution in [1.82, 2.24) is 20.2 Å². The van der Waals surface area contributed by atoms with Gasteiger partial charge in [-0.15, -0.1) is 11.3 Å². The lowest BCUT2D eigenvalue weighted by molar-refractivity contribution is -0.137.